The van der Waals surface area contributed by atoms with E-state index in [9.17, 15) is 19.2 Å². The first kappa shape index (κ1) is 20.5. The van der Waals surface area contributed by atoms with E-state index in [0.29, 0.717) is 29.3 Å². The lowest BCUT2D eigenvalue weighted by Crippen LogP contribution is -2.41. The first-order valence-corrected chi connectivity index (χ1v) is 8.74. The van der Waals surface area contributed by atoms with Gasteiger partial charge in [0, 0.05) is 29.3 Å². The van der Waals surface area contributed by atoms with Crippen LogP contribution in [0, 0.1) is 5.92 Å². The zero-order chi connectivity index (χ0) is 19.8. The number of Topliss-reactive ketones (excluding diaryl/α,β-unsaturated/α-hetero) is 1. The number of hydrogen-bond acceptors (Lipinski definition) is 6. The van der Waals surface area contributed by atoms with Crippen molar-refractivity contribution in [2.45, 2.75) is 32.1 Å². The number of hydrazine groups is 1. The Kier molecular flexibility index (Phi) is 7.44. The van der Waals surface area contributed by atoms with Crippen molar-refractivity contribution in [1.82, 2.24) is 10.9 Å². The van der Waals surface area contributed by atoms with Crippen molar-refractivity contribution in [3.8, 4) is 0 Å². The predicted molar refractivity (Wildman–Crippen MR) is 99.6 cm³/mol. The number of amides is 3. The number of hydrazone groups is 1. The summed E-state index contributed by atoms with van der Waals surface area (Å²) in [5.74, 6) is 1.94. The van der Waals surface area contributed by atoms with Crippen molar-refractivity contribution < 1.29 is 19.2 Å². The molecule has 9 nitrogen and oxygen atoms in total. The monoisotopic (exact) mass is 393 g/mol. The summed E-state index contributed by atoms with van der Waals surface area (Å²) in [5.41, 5.74) is 4.86. The molecule has 2 rings (SSSR count). The second-order valence-corrected chi connectivity index (χ2v) is 6.42. The molecule has 1 aliphatic rings. The first-order chi connectivity index (χ1) is 12.9. The number of anilines is 1. The van der Waals surface area contributed by atoms with Gasteiger partial charge >= 0.3 is 11.8 Å². The second-order valence-electron chi connectivity index (χ2n) is 5.98. The lowest BCUT2D eigenvalue weighted by atomic mass is 9.97. The Morgan fingerprint density at radius 3 is 2.48 bits per heavy atom. The van der Waals surface area contributed by atoms with Crippen molar-refractivity contribution >= 4 is 46.5 Å². The molecule has 1 unspecified atom stereocenters. The van der Waals surface area contributed by atoms with Gasteiger partial charge in [0.2, 0.25) is 5.91 Å². The summed E-state index contributed by atoms with van der Waals surface area (Å²) < 4.78 is 0. The summed E-state index contributed by atoms with van der Waals surface area (Å²) in [7, 11) is 0. The molecule has 0 heterocycles. The van der Waals surface area contributed by atoms with Crippen LogP contribution in [-0.2, 0) is 19.2 Å². The molecule has 0 spiro atoms. The zero-order valence-electron chi connectivity index (χ0n) is 14.5. The maximum atomic E-state index is 12.4. The Morgan fingerprint density at radius 2 is 1.81 bits per heavy atom. The number of hydrogen-bond donors (Lipinski definition) is 4. The van der Waals surface area contributed by atoms with E-state index in [0.717, 1.165) is 6.42 Å². The highest BCUT2D eigenvalue weighted by atomic mass is 35.5. The molecule has 1 aromatic carbocycles. The number of nitrogens with zero attached hydrogens (tertiary/aromatic N) is 1. The summed E-state index contributed by atoms with van der Waals surface area (Å²) in [6, 6.07) is 6.65. The van der Waals surface area contributed by atoms with Gasteiger partial charge in [-0.15, -0.1) is 0 Å². The van der Waals surface area contributed by atoms with E-state index >= 15 is 0 Å². The smallest absolute Gasteiger partial charge is 0.326 e. The zero-order valence-corrected chi connectivity index (χ0v) is 15.2. The van der Waals surface area contributed by atoms with Crippen LogP contribution in [0.4, 0.5) is 5.69 Å². The predicted octanol–water partition coefficient (Wildman–Crippen LogP) is 0.890. The first-order valence-electron chi connectivity index (χ1n) is 8.36. The largest absolute Gasteiger partial charge is 0.330 e. The number of ketones is 1. The normalized spacial score (nSPS) is 17.4. The number of halogens is 1. The van der Waals surface area contributed by atoms with E-state index in [1.54, 1.807) is 29.7 Å². The summed E-state index contributed by atoms with van der Waals surface area (Å²) in [6.07, 6.45) is 1.96. The molecular weight excluding hydrogens is 374 g/mol. The summed E-state index contributed by atoms with van der Waals surface area (Å²) in [4.78, 5) is 46.8. The number of nitrogens with two attached hydrogens (primary N) is 1. The van der Waals surface area contributed by atoms with Crippen molar-refractivity contribution in [2.24, 2.45) is 16.9 Å². The number of carbonyl (C=O) groups is 4. The maximum absolute atomic E-state index is 12.4. The number of nitrogens with one attached hydrogen (secondary N) is 3. The van der Waals surface area contributed by atoms with Gasteiger partial charge in [-0.25, -0.2) is 11.3 Å². The van der Waals surface area contributed by atoms with Gasteiger partial charge in [-0.2, -0.15) is 5.10 Å². The molecule has 0 bridgehead atoms. The van der Waals surface area contributed by atoms with Crippen LogP contribution in [0.1, 0.15) is 32.1 Å². The fraction of sp³-hybridized carbons (Fsp3) is 0.353. The van der Waals surface area contributed by atoms with E-state index in [2.05, 4.69) is 15.8 Å². The Bertz CT molecular complexity index is 763. The number of benzene rings is 1. The van der Waals surface area contributed by atoms with Crippen LogP contribution in [0.3, 0.4) is 0 Å². The third-order valence-electron chi connectivity index (χ3n) is 4.08. The topological polar surface area (TPSA) is 143 Å². The van der Waals surface area contributed by atoms with Crippen LogP contribution < -0.4 is 22.0 Å². The van der Waals surface area contributed by atoms with E-state index in [1.807, 2.05) is 0 Å². The molecular formula is C17H20ClN5O4. The van der Waals surface area contributed by atoms with E-state index in [1.165, 1.54) is 0 Å². The van der Waals surface area contributed by atoms with Gasteiger partial charge in [-0.05, 0) is 43.5 Å². The SMILES string of the molecule is NNC(=O)C(=O)NN=C1CCCC1C(=O)CCC(=O)Nc1ccc(Cl)cc1. The quantitative estimate of drug-likeness (QED) is 0.245. The molecule has 0 aliphatic heterocycles. The molecule has 0 aromatic heterocycles. The van der Waals surface area contributed by atoms with Crippen LogP contribution >= 0.6 is 11.6 Å². The molecule has 1 saturated carbocycles. The van der Waals surface area contributed by atoms with Crippen molar-refractivity contribution in [3.05, 3.63) is 29.3 Å². The Balaban J connectivity index is 1.84. The van der Waals surface area contributed by atoms with Crippen LogP contribution in [0.5, 0.6) is 0 Å². The number of rotatable bonds is 6. The minimum Gasteiger partial charge on any atom is -0.326 e. The van der Waals surface area contributed by atoms with E-state index in [-0.39, 0.29) is 24.5 Å². The van der Waals surface area contributed by atoms with Crippen LogP contribution in [0.2, 0.25) is 5.02 Å². The molecule has 1 atom stereocenters. The van der Waals surface area contributed by atoms with Gasteiger partial charge in [-0.3, -0.25) is 24.6 Å². The van der Waals surface area contributed by atoms with Crippen molar-refractivity contribution in [1.29, 1.82) is 0 Å². The van der Waals surface area contributed by atoms with Crippen LogP contribution in [-0.4, -0.2) is 29.2 Å². The summed E-state index contributed by atoms with van der Waals surface area (Å²) in [5, 5.41) is 7.12. The third-order valence-corrected chi connectivity index (χ3v) is 4.33. The average molecular weight is 394 g/mol. The van der Waals surface area contributed by atoms with Gasteiger partial charge in [0.25, 0.3) is 0 Å². The third kappa shape index (κ3) is 6.15. The van der Waals surface area contributed by atoms with Crippen LogP contribution in [0.25, 0.3) is 0 Å². The molecule has 144 valence electrons. The summed E-state index contributed by atoms with van der Waals surface area (Å²) >= 11 is 5.78. The Morgan fingerprint density at radius 1 is 1.11 bits per heavy atom. The Hall–Kier alpha value is -2.78. The van der Waals surface area contributed by atoms with E-state index in [4.69, 9.17) is 17.4 Å². The highest BCUT2D eigenvalue weighted by Gasteiger charge is 2.29. The lowest BCUT2D eigenvalue weighted by molar-refractivity contribution is -0.139. The highest BCUT2D eigenvalue weighted by Crippen LogP contribution is 2.25. The van der Waals surface area contributed by atoms with Gasteiger partial charge < -0.3 is 5.32 Å². The lowest BCUT2D eigenvalue weighted by Gasteiger charge is -2.10. The number of carbonyl (C=O) groups excluding carboxylic acids is 4. The molecule has 0 radical (unpaired) electrons. The van der Waals surface area contributed by atoms with E-state index < -0.39 is 17.7 Å². The molecule has 1 aromatic rings. The molecule has 10 heteroatoms. The van der Waals surface area contributed by atoms with Gasteiger partial charge in [-0.1, -0.05) is 11.6 Å². The maximum Gasteiger partial charge on any atom is 0.330 e. The average Bonchev–Trinajstić information content (AvgIpc) is 3.14. The fourth-order valence-corrected chi connectivity index (χ4v) is 2.84. The van der Waals surface area contributed by atoms with Gasteiger partial charge in [0.1, 0.15) is 5.78 Å². The second kappa shape index (κ2) is 9.79. The standard InChI is InChI=1S/C17H20ClN5O4/c18-10-4-6-11(7-5-10)20-15(25)9-8-14(24)12-2-1-3-13(12)22-23-17(27)16(26)21-19/h4-7,12H,1-3,8-9,19H2,(H,20,25)(H,21,26)(H,23,27). The van der Waals surface area contributed by atoms with Gasteiger partial charge in [0.15, 0.2) is 0 Å². The summed E-state index contributed by atoms with van der Waals surface area (Å²) in [6.45, 7) is 0. The van der Waals surface area contributed by atoms with Crippen molar-refractivity contribution in [2.75, 3.05) is 5.32 Å². The van der Waals surface area contributed by atoms with Crippen molar-refractivity contribution in [3.63, 3.8) is 0 Å². The minimum absolute atomic E-state index is 0.0349. The molecule has 3 amide bonds. The van der Waals surface area contributed by atoms with Gasteiger partial charge in [0.05, 0.1) is 5.92 Å². The molecule has 1 fully saturated rings. The van der Waals surface area contributed by atoms with Crippen LogP contribution in [0.15, 0.2) is 29.4 Å². The fourth-order valence-electron chi connectivity index (χ4n) is 2.72. The molecule has 1 aliphatic carbocycles. The molecule has 27 heavy (non-hydrogen) atoms. The Labute approximate surface area is 160 Å². The minimum atomic E-state index is -1.03. The molecule has 0 saturated heterocycles. The highest BCUT2D eigenvalue weighted by molar-refractivity contribution is 6.35. The molecule has 5 N–H and O–H groups in total.